The topological polar surface area (TPSA) is 48.7 Å². The Balaban J connectivity index is 1.98. The molecule has 0 unspecified atom stereocenters. The Morgan fingerprint density at radius 1 is 1.12 bits per heavy atom. The number of nitrogens with one attached hydrogen (secondary N) is 1. The van der Waals surface area contributed by atoms with E-state index in [1.807, 2.05) is 24.3 Å². The molecule has 2 aromatic carbocycles. The van der Waals surface area contributed by atoms with Crippen LogP contribution in [0.3, 0.4) is 0 Å². The average Bonchev–Trinajstić information content (AvgIpc) is 2.98. The lowest BCUT2D eigenvalue weighted by Crippen LogP contribution is -2.33. The van der Waals surface area contributed by atoms with Crippen LogP contribution >= 0.6 is 11.6 Å². The second kappa shape index (κ2) is 5.87. The second-order valence-corrected chi connectivity index (χ2v) is 6.40. The molecule has 0 fully saturated rings. The molecule has 0 spiro atoms. The molecule has 2 atom stereocenters. The van der Waals surface area contributed by atoms with Crippen molar-refractivity contribution in [1.82, 2.24) is 4.98 Å². The third-order valence-electron chi connectivity index (χ3n) is 4.57. The summed E-state index contributed by atoms with van der Waals surface area (Å²) < 4.78 is 13.9. The van der Waals surface area contributed by atoms with Crippen LogP contribution in [0.5, 0.6) is 0 Å². The van der Waals surface area contributed by atoms with Crippen molar-refractivity contribution in [3.8, 4) is 6.07 Å². The molecule has 1 aliphatic heterocycles. The molecule has 0 saturated heterocycles. The molecule has 5 heteroatoms. The monoisotopic (exact) mass is 349 g/mol. The number of hydrogen-bond donors (Lipinski definition) is 1. The molecule has 2 heterocycles. The summed E-state index contributed by atoms with van der Waals surface area (Å²) in [4.78, 5) is 4.45. The molecule has 0 saturated carbocycles. The van der Waals surface area contributed by atoms with Crippen LogP contribution in [0.2, 0.25) is 5.02 Å². The van der Waals surface area contributed by atoms with E-state index in [1.54, 1.807) is 30.5 Å². The Bertz CT molecular complexity index is 981. The van der Waals surface area contributed by atoms with Gasteiger partial charge in [-0.3, -0.25) is 4.98 Å². The number of fused-ring (bicyclic) bond motifs is 1. The lowest BCUT2D eigenvalue weighted by atomic mass is 9.72. The Morgan fingerprint density at radius 3 is 2.64 bits per heavy atom. The van der Waals surface area contributed by atoms with E-state index in [0.717, 1.165) is 11.3 Å². The highest BCUT2D eigenvalue weighted by Gasteiger charge is 2.51. The van der Waals surface area contributed by atoms with Crippen LogP contribution in [0.1, 0.15) is 22.9 Å². The summed E-state index contributed by atoms with van der Waals surface area (Å²) in [5, 5.41) is 14.2. The molecule has 122 valence electrons. The fourth-order valence-electron chi connectivity index (χ4n) is 3.44. The van der Waals surface area contributed by atoms with Crippen molar-refractivity contribution < 1.29 is 4.39 Å². The van der Waals surface area contributed by atoms with E-state index >= 15 is 0 Å². The van der Waals surface area contributed by atoms with Crippen LogP contribution in [0.15, 0.2) is 66.9 Å². The van der Waals surface area contributed by atoms with E-state index in [1.165, 1.54) is 12.1 Å². The first kappa shape index (κ1) is 15.6. The Labute approximate surface area is 149 Å². The fourth-order valence-corrected chi connectivity index (χ4v) is 3.57. The van der Waals surface area contributed by atoms with Crippen molar-refractivity contribution in [2.75, 3.05) is 5.32 Å². The summed E-state index contributed by atoms with van der Waals surface area (Å²) in [6, 6.07) is 19.2. The normalized spacial score (nSPS) is 21.2. The summed E-state index contributed by atoms with van der Waals surface area (Å²) in [5.41, 5.74) is 1.69. The number of benzene rings is 2. The molecule has 0 aliphatic carbocycles. The Kier molecular flexibility index (Phi) is 3.67. The van der Waals surface area contributed by atoms with Gasteiger partial charge in [0, 0.05) is 11.2 Å². The highest BCUT2D eigenvalue weighted by Crippen LogP contribution is 2.51. The molecule has 1 aliphatic rings. The zero-order valence-electron chi connectivity index (χ0n) is 13.1. The molecule has 1 aromatic heterocycles. The molecule has 0 radical (unpaired) electrons. The van der Waals surface area contributed by atoms with E-state index in [9.17, 15) is 9.65 Å². The molecule has 3 aromatic rings. The quantitative estimate of drug-likeness (QED) is 0.719. The van der Waals surface area contributed by atoms with Crippen LogP contribution in [0.25, 0.3) is 0 Å². The maximum Gasteiger partial charge on any atom is 0.150 e. The zero-order chi connectivity index (χ0) is 17.4. The molecule has 3 nitrogen and oxygen atoms in total. The van der Waals surface area contributed by atoms with Crippen molar-refractivity contribution in [2.24, 2.45) is 0 Å². The van der Waals surface area contributed by atoms with Crippen LogP contribution < -0.4 is 5.32 Å². The molecule has 1 N–H and O–H groups in total. The number of aromatic nitrogens is 1. The minimum absolute atomic E-state index is 0.383. The van der Waals surface area contributed by atoms with Gasteiger partial charge in [-0.05, 0) is 47.5 Å². The molecule has 4 rings (SSSR count). The zero-order valence-corrected chi connectivity index (χ0v) is 13.8. The summed E-state index contributed by atoms with van der Waals surface area (Å²) >= 11 is 6.00. The predicted molar refractivity (Wildman–Crippen MR) is 94.8 cm³/mol. The van der Waals surface area contributed by atoms with Crippen LogP contribution in [0.4, 0.5) is 10.1 Å². The number of nitrogens with zero attached hydrogens (tertiary/aromatic N) is 2. The molecule has 0 amide bonds. The van der Waals surface area contributed by atoms with E-state index in [4.69, 9.17) is 11.6 Å². The van der Waals surface area contributed by atoms with E-state index < -0.39 is 11.5 Å². The smallest absolute Gasteiger partial charge is 0.150 e. The van der Waals surface area contributed by atoms with Gasteiger partial charge in [-0.15, -0.1) is 0 Å². The average molecular weight is 350 g/mol. The largest absolute Gasteiger partial charge is 0.374 e. The van der Waals surface area contributed by atoms with Gasteiger partial charge in [-0.1, -0.05) is 35.9 Å². The van der Waals surface area contributed by atoms with Crippen LogP contribution in [-0.2, 0) is 5.41 Å². The summed E-state index contributed by atoms with van der Waals surface area (Å²) in [5.74, 6) is -0.383. The number of pyridine rings is 1. The van der Waals surface area contributed by atoms with Crippen LogP contribution in [-0.4, -0.2) is 4.98 Å². The highest BCUT2D eigenvalue weighted by molar-refractivity contribution is 6.30. The number of hydrogen-bond acceptors (Lipinski definition) is 3. The van der Waals surface area contributed by atoms with Gasteiger partial charge in [0.2, 0.25) is 0 Å². The third-order valence-corrected chi connectivity index (χ3v) is 4.83. The van der Waals surface area contributed by atoms with Crippen molar-refractivity contribution in [1.29, 1.82) is 5.26 Å². The van der Waals surface area contributed by atoms with Gasteiger partial charge < -0.3 is 5.32 Å². The lowest BCUT2D eigenvalue weighted by Gasteiger charge is -2.29. The summed E-state index contributed by atoms with van der Waals surface area (Å²) in [7, 11) is 0. The predicted octanol–water partition coefficient (Wildman–Crippen LogP) is 4.85. The van der Waals surface area contributed by atoms with Crippen LogP contribution in [0, 0.1) is 17.1 Å². The van der Waals surface area contributed by atoms with Gasteiger partial charge >= 0.3 is 0 Å². The number of halogens is 2. The molecule has 25 heavy (non-hydrogen) atoms. The first-order valence-corrected chi connectivity index (χ1v) is 8.18. The van der Waals surface area contributed by atoms with Gasteiger partial charge in [0.05, 0.1) is 23.5 Å². The van der Waals surface area contributed by atoms with E-state index in [2.05, 4.69) is 16.4 Å². The highest BCUT2D eigenvalue weighted by atomic mass is 35.5. The van der Waals surface area contributed by atoms with Crippen molar-refractivity contribution in [2.45, 2.75) is 11.5 Å². The van der Waals surface area contributed by atoms with Gasteiger partial charge in [-0.2, -0.15) is 5.26 Å². The Morgan fingerprint density at radius 2 is 1.92 bits per heavy atom. The lowest BCUT2D eigenvalue weighted by molar-refractivity contribution is 0.563. The van der Waals surface area contributed by atoms with E-state index in [-0.39, 0.29) is 5.82 Å². The second-order valence-electron chi connectivity index (χ2n) is 5.96. The minimum Gasteiger partial charge on any atom is -0.374 e. The minimum atomic E-state index is -1.13. The first-order valence-electron chi connectivity index (χ1n) is 7.80. The molecular weight excluding hydrogens is 337 g/mol. The number of nitriles is 1. The standard InChI is InChI=1S/C20H13ClFN3/c21-15-8-6-13(7-9-15)18-20(12-23,14-3-1-4-16(22)11-14)19-17(25-18)5-2-10-24-19/h1-11,18,25H/t18-,20-/m0/s1. The molecular formula is C20H13ClFN3. The van der Waals surface area contributed by atoms with E-state index in [0.29, 0.717) is 16.3 Å². The van der Waals surface area contributed by atoms with Gasteiger partial charge in [-0.25, -0.2) is 4.39 Å². The van der Waals surface area contributed by atoms with Gasteiger partial charge in [0.15, 0.2) is 5.41 Å². The maximum absolute atomic E-state index is 13.9. The number of rotatable bonds is 2. The summed E-state index contributed by atoms with van der Waals surface area (Å²) in [6.07, 6.45) is 1.65. The Hall–Kier alpha value is -2.90. The molecule has 0 bridgehead atoms. The van der Waals surface area contributed by atoms with Gasteiger partial charge in [0.25, 0.3) is 0 Å². The van der Waals surface area contributed by atoms with Crippen molar-refractivity contribution in [3.05, 3.63) is 94.5 Å². The SMILES string of the molecule is N#C[C@@]1(c2cccc(F)c2)c2ncccc2N[C@H]1c1ccc(Cl)cc1. The fraction of sp³-hybridized carbons (Fsp3) is 0.100. The summed E-state index contributed by atoms with van der Waals surface area (Å²) in [6.45, 7) is 0. The number of anilines is 1. The van der Waals surface area contributed by atoms with Crippen molar-refractivity contribution in [3.63, 3.8) is 0 Å². The van der Waals surface area contributed by atoms with Crippen molar-refractivity contribution >= 4 is 17.3 Å². The van der Waals surface area contributed by atoms with Gasteiger partial charge in [0.1, 0.15) is 5.82 Å². The first-order chi connectivity index (χ1) is 12.1. The maximum atomic E-state index is 13.9. The third kappa shape index (κ3) is 2.36.